The molecule has 5 heteroatoms. The van der Waals surface area contributed by atoms with Crippen LogP contribution in [0.25, 0.3) is 0 Å². The fraction of sp³-hybridized carbons (Fsp3) is 0.600. The van der Waals surface area contributed by atoms with Gasteiger partial charge in [-0.1, -0.05) is 19.8 Å². The molecule has 0 heterocycles. The number of hydrogen-bond acceptors (Lipinski definition) is 4. The Morgan fingerprint density at radius 3 is 2.80 bits per heavy atom. The lowest BCUT2D eigenvalue weighted by Gasteiger charge is -2.30. The molecule has 1 N–H and O–H groups in total. The molecular formula is C15H22N2O3. The van der Waals surface area contributed by atoms with Gasteiger partial charge in [0.1, 0.15) is 11.4 Å². The van der Waals surface area contributed by atoms with Crippen LogP contribution in [0.2, 0.25) is 0 Å². The summed E-state index contributed by atoms with van der Waals surface area (Å²) in [6, 6.07) is 5.36. The van der Waals surface area contributed by atoms with Crippen LogP contribution in [-0.2, 0) is 0 Å². The van der Waals surface area contributed by atoms with E-state index in [1.54, 1.807) is 12.1 Å². The Labute approximate surface area is 119 Å². The summed E-state index contributed by atoms with van der Waals surface area (Å²) in [6.45, 7) is 4.57. The highest BCUT2D eigenvalue weighted by Crippen LogP contribution is 2.33. The first-order chi connectivity index (χ1) is 9.61. The van der Waals surface area contributed by atoms with E-state index >= 15 is 0 Å². The average Bonchev–Trinajstić information content (AvgIpc) is 2.43. The summed E-state index contributed by atoms with van der Waals surface area (Å²) in [5.41, 5.74) is 0.686. The van der Waals surface area contributed by atoms with Crippen LogP contribution >= 0.6 is 0 Å². The van der Waals surface area contributed by atoms with Crippen LogP contribution in [-0.4, -0.2) is 17.6 Å². The van der Waals surface area contributed by atoms with E-state index in [9.17, 15) is 10.1 Å². The zero-order chi connectivity index (χ0) is 14.5. The van der Waals surface area contributed by atoms with E-state index in [-0.39, 0.29) is 10.6 Å². The molecule has 2 rings (SSSR count). The first-order valence-electron chi connectivity index (χ1n) is 7.29. The van der Waals surface area contributed by atoms with Gasteiger partial charge in [0.05, 0.1) is 17.6 Å². The van der Waals surface area contributed by atoms with Crippen molar-refractivity contribution in [1.82, 2.24) is 0 Å². The van der Waals surface area contributed by atoms with Gasteiger partial charge in [-0.3, -0.25) is 10.1 Å². The predicted molar refractivity (Wildman–Crippen MR) is 79.3 cm³/mol. The predicted octanol–water partition coefficient (Wildman–Crippen LogP) is 3.98. The molecule has 1 aliphatic carbocycles. The van der Waals surface area contributed by atoms with Crippen molar-refractivity contribution in [2.24, 2.45) is 5.92 Å². The molecule has 0 aliphatic heterocycles. The van der Waals surface area contributed by atoms with Gasteiger partial charge in [0.2, 0.25) is 0 Å². The van der Waals surface area contributed by atoms with Crippen molar-refractivity contribution in [3.8, 4) is 5.75 Å². The molecule has 0 saturated heterocycles. The van der Waals surface area contributed by atoms with Gasteiger partial charge in [-0.05, 0) is 37.8 Å². The standard InChI is InChI=1S/C15H22N2O3/c1-3-20-12-8-9-14(15(10-12)17(18)19)16-13-7-5-4-6-11(13)2/h8-11,13,16H,3-7H2,1-2H3. The van der Waals surface area contributed by atoms with Crippen LogP contribution < -0.4 is 10.1 Å². The van der Waals surface area contributed by atoms with Crippen LogP contribution in [0.3, 0.4) is 0 Å². The summed E-state index contributed by atoms with van der Waals surface area (Å²) < 4.78 is 5.33. The molecule has 1 saturated carbocycles. The van der Waals surface area contributed by atoms with Crippen molar-refractivity contribution in [3.63, 3.8) is 0 Å². The van der Waals surface area contributed by atoms with Crippen LogP contribution in [0, 0.1) is 16.0 Å². The topological polar surface area (TPSA) is 64.4 Å². The largest absolute Gasteiger partial charge is 0.494 e. The van der Waals surface area contributed by atoms with Gasteiger partial charge in [-0.2, -0.15) is 0 Å². The van der Waals surface area contributed by atoms with Crippen molar-refractivity contribution in [2.75, 3.05) is 11.9 Å². The van der Waals surface area contributed by atoms with Crippen molar-refractivity contribution in [3.05, 3.63) is 28.3 Å². The maximum atomic E-state index is 11.2. The number of hydrogen-bond donors (Lipinski definition) is 1. The molecule has 1 aromatic carbocycles. The van der Waals surface area contributed by atoms with Gasteiger partial charge >= 0.3 is 0 Å². The number of anilines is 1. The first-order valence-corrected chi connectivity index (χ1v) is 7.29. The smallest absolute Gasteiger partial charge is 0.296 e. The summed E-state index contributed by atoms with van der Waals surface area (Å²) in [6.07, 6.45) is 4.70. The molecule has 0 bridgehead atoms. The summed E-state index contributed by atoms with van der Waals surface area (Å²) in [5, 5.41) is 14.6. The molecular weight excluding hydrogens is 256 g/mol. The Kier molecular flexibility index (Phi) is 4.82. The quantitative estimate of drug-likeness (QED) is 0.653. The molecule has 2 atom stereocenters. The third kappa shape index (κ3) is 3.40. The molecule has 2 unspecified atom stereocenters. The Bertz CT molecular complexity index is 476. The lowest BCUT2D eigenvalue weighted by atomic mass is 9.86. The second-order valence-corrected chi connectivity index (χ2v) is 5.38. The number of benzene rings is 1. The Balaban J connectivity index is 2.19. The van der Waals surface area contributed by atoms with Crippen LogP contribution in [0.4, 0.5) is 11.4 Å². The maximum absolute atomic E-state index is 11.2. The van der Waals surface area contributed by atoms with E-state index in [1.165, 1.54) is 25.3 Å². The van der Waals surface area contributed by atoms with E-state index in [1.807, 2.05) is 6.92 Å². The second-order valence-electron chi connectivity index (χ2n) is 5.38. The van der Waals surface area contributed by atoms with E-state index < -0.39 is 0 Å². The molecule has 1 aromatic rings. The summed E-state index contributed by atoms with van der Waals surface area (Å²) in [4.78, 5) is 10.9. The number of nitrogens with zero attached hydrogens (tertiary/aromatic N) is 1. The third-order valence-corrected chi connectivity index (χ3v) is 3.93. The summed E-state index contributed by atoms with van der Waals surface area (Å²) >= 11 is 0. The third-order valence-electron chi connectivity index (χ3n) is 3.93. The Hall–Kier alpha value is -1.78. The SMILES string of the molecule is CCOc1ccc(NC2CCCCC2C)c([N+](=O)[O-])c1. The lowest BCUT2D eigenvalue weighted by Crippen LogP contribution is -2.30. The molecule has 5 nitrogen and oxygen atoms in total. The average molecular weight is 278 g/mol. The van der Waals surface area contributed by atoms with E-state index in [0.717, 1.165) is 6.42 Å². The van der Waals surface area contributed by atoms with Gasteiger partial charge < -0.3 is 10.1 Å². The van der Waals surface area contributed by atoms with Crippen molar-refractivity contribution in [2.45, 2.75) is 45.6 Å². The van der Waals surface area contributed by atoms with E-state index in [2.05, 4.69) is 12.2 Å². The van der Waals surface area contributed by atoms with Crippen molar-refractivity contribution < 1.29 is 9.66 Å². The molecule has 0 aromatic heterocycles. The van der Waals surface area contributed by atoms with Crippen LogP contribution in [0.1, 0.15) is 39.5 Å². The normalized spacial score (nSPS) is 22.3. The molecule has 1 fully saturated rings. The second kappa shape index (κ2) is 6.59. The van der Waals surface area contributed by atoms with Crippen LogP contribution in [0.5, 0.6) is 5.75 Å². The highest BCUT2D eigenvalue weighted by atomic mass is 16.6. The molecule has 0 amide bonds. The zero-order valence-corrected chi connectivity index (χ0v) is 12.1. The Morgan fingerprint density at radius 1 is 1.40 bits per heavy atom. The van der Waals surface area contributed by atoms with Crippen molar-refractivity contribution >= 4 is 11.4 Å². The minimum absolute atomic E-state index is 0.0914. The Morgan fingerprint density at radius 2 is 2.15 bits per heavy atom. The van der Waals surface area contributed by atoms with Crippen molar-refractivity contribution in [1.29, 1.82) is 0 Å². The van der Waals surface area contributed by atoms with Gasteiger partial charge in [-0.25, -0.2) is 0 Å². The number of nitrogens with one attached hydrogen (secondary N) is 1. The number of nitro benzene ring substituents is 1. The summed E-state index contributed by atoms with van der Waals surface area (Å²) in [7, 11) is 0. The van der Waals surface area contributed by atoms with E-state index in [4.69, 9.17) is 4.74 Å². The van der Waals surface area contributed by atoms with Gasteiger partial charge in [-0.15, -0.1) is 0 Å². The fourth-order valence-corrected chi connectivity index (χ4v) is 2.77. The molecule has 1 aliphatic rings. The highest BCUT2D eigenvalue weighted by molar-refractivity contribution is 5.64. The molecule has 0 spiro atoms. The molecule has 20 heavy (non-hydrogen) atoms. The zero-order valence-electron chi connectivity index (χ0n) is 12.1. The number of ether oxygens (including phenoxy) is 1. The minimum Gasteiger partial charge on any atom is -0.494 e. The van der Waals surface area contributed by atoms with E-state index in [0.29, 0.717) is 30.0 Å². The highest BCUT2D eigenvalue weighted by Gasteiger charge is 2.24. The fourth-order valence-electron chi connectivity index (χ4n) is 2.77. The van der Waals surface area contributed by atoms with Gasteiger partial charge in [0.25, 0.3) is 5.69 Å². The summed E-state index contributed by atoms with van der Waals surface area (Å²) in [5.74, 6) is 1.09. The molecule has 0 radical (unpaired) electrons. The minimum atomic E-state index is -0.349. The van der Waals surface area contributed by atoms with Gasteiger partial charge in [0.15, 0.2) is 0 Å². The number of nitro groups is 1. The van der Waals surface area contributed by atoms with Gasteiger partial charge in [0, 0.05) is 6.04 Å². The monoisotopic (exact) mass is 278 g/mol. The number of rotatable bonds is 5. The maximum Gasteiger partial charge on any atom is 0.296 e. The lowest BCUT2D eigenvalue weighted by molar-refractivity contribution is -0.384. The van der Waals surface area contributed by atoms with Crippen LogP contribution in [0.15, 0.2) is 18.2 Å². The first kappa shape index (κ1) is 14.6. The molecule has 110 valence electrons.